The van der Waals surface area contributed by atoms with Crippen molar-refractivity contribution in [2.75, 3.05) is 6.54 Å². The molecule has 4 rings (SSSR count). The van der Waals surface area contributed by atoms with Gasteiger partial charge in [0.2, 0.25) is 11.8 Å². The SMILES string of the molecule is [2H]NC(CC(=O)C(C)c1ccc(CC(C)C)cc1)C(=O)NCC1CCC(C(=O)NC(Cc2ccc3ccccc3c2)C(=O)CCCCCC(NC(=O)NC(CCC(=O)O)C(=O)O)C(=O)O)CC1. The number of fused-ring (bicyclic) bond motifs is 1. The predicted molar refractivity (Wildman–Crippen MR) is 249 cm³/mol. The number of aliphatic carboxylic acids is 3. The van der Waals surface area contributed by atoms with Crippen LogP contribution in [-0.2, 0) is 46.4 Å². The van der Waals surface area contributed by atoms with E-state index in [4.69, 9.17) is 6.52 Å². The molecule has 0 spiro atoms. The number of amides is 4. The fourth-order valence-corrected chi connectivity index (χ4v) is 8.34. The molecule has 1 saturated carbocycles. The molecule has 16 heteroatoms. The zero-order valence-corrected chi connectivity index (χ0v) is 38.2. The number of rotatable bonds is 28. The van der Waals surface area contributed by atoms with Crippen molar-refractivity contribution in [1.29, 1.82) is 0 Å². The van der Waals surface area contributed by atoms with Gasteiger partial charge in [0.25, 0.3) is 0 Å². The summed E-state index contributed by atoms with van der Waals surface area (Å²) in [6.45, 7) is 6.44. The van der Waals surface area contributed by atoms with E-state index in [1.165, 1.54) is 5.56 Å². The number of carboxylic acid groups (broad SMARTS) is 3. The first-order valence-electron chi connectivity index (χ1n) is 23.6. The number of nitrogens with two attached hydrogens (primary N) is 1. The topological polar surface area (TPSA) is 271 Å². The molecule has 0 aliphatic heterocycles. The molecule has 1 aliphatic rings. The maximum absolute atomic E-state index is 13.8. The van der Waals surface area contributed by atoms with Gasteiger partial charge in [-0.15, -0.1) is 0 Å². The molecule has 0 bridgehead atoms. The predicted octanol–water partition coefficient (Wildman–Crippen LogP) is 5.67. The molecule has 1 fully saturated rings. The number of benzene rings is 3. The molecular formula is C50H67N5O11. The molecule has 0 aromatic heterocycles. The molecule has 16 nitrogen and oxygen atoms in total. The smallest absolute Gasteiger partial charge is 0.326 e. The summed E-state index contributed by atoms with van der Waals surface area (Å²) in [6, 6.07) is 15.9. The molecule has 0 heterocycles. The third-order valence-corrected chi connectivity index (χ3v) is 12.3. The molecule has 4 amide bonds. The molecule has 9 N–H and O–H groups in total. The van der Waals surface area contributed by atoms with E-state index in [1.54, 1.807) is 0 Å². The number of carbonyl (C=O) groups excluding carboxylic acids is 5. The minimum atomic E-state index is -1.52. The van der Waals surface area contributed by atoms with Gasteiger partial charge in [-0.25, -0.2) is 14.4 Å². The highest BCUT2D eigenvalue weighted by Gasteiger charge is 2.31. The summed E-state index contributed by atoms with van der Waals surface area (Å²) >= 11 is 0. The molecule has 5 unspecified atom stereocenters. The van der Waals surface area contributed by atoms with Crippen LogP contribution in [0, 0.1) is 17.8 Å². The number of hydrogen-bond donors (Lipinski definition) is 8. The highest BCUT2D eigenvalue weighted by molar-refractivity contribution is 5.92. The molecule has 0 radical (unpaired) electrons. The first kappa shape index (κ1) is 50.8. The lowest BCUT2D eigenvalue weighted by Crippen LogP contribution is -2.51. The van der Waals surface area contributed by atoms with E-state index in [-0.39, 0.29) is 61.4 Å². The molecule has 358 valence electrons. The average molecular weight is 915 g/mol. The average Bonchev–Trinajstić information content (AvgIpc) is 3.30. The monoisotopic (exact) mass is 914 g/mol. The molecule has 3 aromatic carbocycles. The number of hydrogen-bond acceptors (Lipinski definition) is 9. The van der Waals surface area contributed by atoms with Crippen molar-refractivity contribution in [3.05, 3.63) is 83.4 Å². The maximum Gasteiger partial charge on any atom is 0.326 e. The van der Waals surface area contributed by atoms with Crippen LogP contribution in [0.4, 0.5) is 4.79 Å². The number of carboxylic acids is 3. The molecule has 3 aromatic rings. The Kier molecular flexibility index (Phi) is 20.1. The summed E-state index contributed by atoms with van der Waals surface area (Å²) in [6.07, 6.45) is 3.79. The lowest BCUT2D eigenvalue weighted by atomic mass is 9.81. The standard InChI is InChI=1S/C50H67N5O11/c1-30(2)25-32-13-18-35(19-14-32)31(3)44(57)28-39(51)47(61)52-29-33-15-21-37(22-16-33)46(60)53-42(27-34-17-20-36-9-7-8-10-38(36)26-34)43(56)12-6-4-5-11-40(48(62)63)54-50(66)55-41(49(64)65)23-24-45(58)59/h7-10,13-14,17-20,26,30-31,33,37,39-42H,4-6,11-12,15-16,21-25,27-29,51H2,1-3H3,(H,52,61)(H,53,60)(H,58,59)(H,62,63)(H,64,65)(H2,54,55,66)/i/hD. The molecular weight excluding hydrogens is 847 g/mol. The number of carbonyl (C=O) groups is 8. The summed E-state index contributed by atoms with van der Waals surface area (Å²) in [5, 5.41) is 40.1. The molecule has 5 atom stereocenters. The van der Waals surface area contributed by atoms with Crippen LogP contribution >= 0.6 is 0 Å². The fraction of sp³-hybridized carbons (Fsp3) is 0.520. The quantitative estimate of drug-likeness (QED) is 0.0410. The molecule has 0 saturated heterocycles. The second kappa shape index (κ2) is 26.1. The Morgan fingerprint density at radius 2 is 1.32 bits per heavy atom. The Balaban J connectivity index is 1.27. The second-order valence-corrected chi connectivity index (χ2v) is 18.1. The summed E-state index contributed by atoms with van der Waals surface area (Å²) in [5.41, 5.74) is 5.17. The highest BCUT2D eigenvalue weighted by atomic mass is 16.4. The van der Waals surface area contributed by atoms with Crippen LogP contribution in [0.15, 0.2) is 66.7 Å². The van der Waals surface area contributed by atoms with Gasteiger partial charge in [-0.05, 0) is 97.1 Å². The summed E-state index contributed by atoms with van der Waals surface area (Å²) < 4.78 is 7.77. The minimum Gasteiger partial charge on any atom is -0.481 e. The lowest BCUT2D eigenvalue weighted by molar-refractivity contribution is -0.141. The van der Waals surface area contributed by atoms with Gasteiger partial charge >= 0.3 is 23.9 Å². The van der Waals surface area contributed by atoms with Crippen molar-refractivity contribution < 1.29 is 55.1 Å². The number of nitrogens with one attached hydrogen (secondary N) is 4. The van der Waals surface area contributed by atoms with Gasteiger partial charge in [0.15, 0.2) is 5.78 Å². The van der Waals surface area contributed by atoms with Crippen molar-refractivity contribution >= 4 is 58.1 Å². The van der Waals surface area contributed by atoms with E-state index >= 15 is 0 Å². The molecule has 66 heavy (non-hydrogen) atoms. The van der Waals surface area contributed by atoms with Crippen molar-refractivity contribution in [2.45, 2.75) is 141 Å². The number of ketones is 2. The summed E-state index contributed by atoms with van der Waals surface area (Å²) in [7, 11) is 0. The van der Waals surface area contributed by atoms with Crippen molar-refractivity contribution in [3.63, 3.8) is 0 Å². The van der Waals surface area contributed by atoms with Crippen LogP contribution in [0.2, 0.25) is 1.41 Å². The second-order valence-electron chi connectivity index (χ2n) is 18.1. The zero-order valence-electron chi connectivity index (χ0n) is 39.2. The van der Waals surface area contributed by atoms with E-state index in [2.05, 4.69) is 40.8 Å². The van der Waals surface area contributed by atoms with E-state index in [0.29, 0.717) is 57.4 Å². The van der Waals surface area contributed by atoms with Crippen molar-refractivity contribution in [2.24, 2.45) is 23.5 Å². The Labute approximate surface area is 387 Å². The summed E-state index contributed by atoms with van der Waals surface area (Å²) in [5.74, 6) is -5.22. The van der Waals surface area contributed by atoms with Crippen LogP contribution in [0.5, 0.6) is 0 Å². The first-order valence-corrected chi connectivity index (χ1v) is 23.1. The normalized spacial score (nSPS) is 17.3. The van der Waals surface area contributed by atoms with Crippen LogP contribution in [0.3, 0.4) is 0 Å². The Morgan fingerprint density at radius 1 is 0.682 bits per heavy atom. The number of Topliss-reactive ketones (excluding diaryl/α,β-unsaturated/α-hetero) is 2. The van der Waals surface area contributed by atoms with Crippen LogP contribution in [-0.4, -0.2) is 93.4 Å². The minimum absolute atomic E-state index is 0.0116. The highest BCUT2D eigenvalue weighted by Crippen LogP contribution is 2.29. The number of urea groups is 1. The van der Waals surface area contributed by atoms with Gasteiger partial charge in [0.05, 0.1) is 12.1 Å². The van der Waals surface area contributed by atoms with Gasteiger partial charge in [0.1, 0.15) is 19.3 Å². The largest absolute Gasteiger partial charge is 0.481 e. The zero-order chi connectivity index (χ0) is 49.0. The Morgan fingerprint density at radius 3 is 1.94 bits per heavy atom. The van der Waals surface area contributed by atoms with Gasteiger partial charge in [0, 0.05) is 37.6 Å². The van der Waals surface area contributed by atoms with Gasteiger partial charge in [-0.3, -0.25) is 24.0 Å². The number of unbranched alkanes of at least 4 members (excludes halogenated alkanes) is 2. The van der Waals surface area contributed by atoms with Crippen LogP contribution in [0.25, 0.3) is 10.8 Å². The Bertz CT molecular complexity index is 2180. The van der Waals surface area contributed by atoms with Crippen LogP contribution < -0.4 is 27.0 Å². The van der Waals surface area contributed by atoms with E-state index in [0.717, 1.165) is 28.3 Å². The third-order valence-electron chi connectivity index (χ3n) is 12.3. The lowest BCUT2D eigenvalue weighted by Gasteiger charge is -2.29. The van der Waals surface area contributed by atoms with E-state index in [9.17, 15) is 48.6 Å². The van der Waals surface area contributed by atoms with Crippen molar-refractivity contribution in [3.8, 4) is 0 Å². The first-order chi connectivity index (χ1) is 31.9. The van der Waals surface area contributed by atoms with Gasteiger partial charge < -0.3 is 42.3 Å². The molecule has 1 aliphatic carbocycles. The van der Waals surface area contributed by atoms with Crippen LogP contribution in [0.1, 0.15) is 120 Å². The third kappa shape index (κ3) is 17.3. The van der Waals surface area contributed by atoms with E-state index < -0.39 is 66.4 Å². The van der Waals surface area contributed by atoms with Crippen molar-refractivity contribution in [1.82, 2.24) is 21.3 Å². The Hall–Kier alpha value is -6.16. The van der Waals surface area contributed by atoms with E-state index in [1.807, 2.05) is 73.7 Å². The fourth-order valence-electron chi connectivity index (χ4n) is 8.34. The summed E-state index contributed by atoms with van der Waals surface area (Å²) in [4.78, 5) is 100. The van der Waals surface area contributed by atoms with Gasteiger partial charge in [-0.2, -0.15) is 0 Å². The maximum atomic E-state index is 13.8. The van der Waals surface area contributed by atoms with Gasteiger partial charge in [-0.1, -0.05) is 100 Å².